The number of halogens is 3. The summed E-state index contributed by atoms with van der Waals surface area (Å²) in [6, 6.07) is 0. The number of hydrogen-bond donors (Lipinski definition) is 0. The summed E-state index contributed by atoms with van der Waals surface area (Å²) in [4.78, 5) is 0. The zero-order valence-electron chi connectivity index (χ0n) is 3.83. The van der Waals surface area contributed by atoms with Crippen molar-refractivity contribution in [2.75, 3.05) is 0 Å². The molecule has 0 saturated carbocycles. The van der Waals surface area contributed by atoms with Gasteiger partial charge in [-0.1, -0.05) is 0 Å². The van der Waals surface area contributed by atoms with Gasteiger partial charge in [-0.2, -0.15) is 0 Å². The maximum absolute atomic E-state index is 8.52. The van der Waals surface area contributed by atoms with Crippen LogP contribution < -0.4 is 37.2 Å². The van der Waals surface area contributed by atoms with E-state index in [1.165, 1.54) is 0 Å². The summed E-state index contributed by atoms with van der Waals surface area (Å²) in [5, 5.41) is 0. The Kier molecular flexibility index (Phi) is 69.8. The monoisotopic (exact) mass is 320 g/mol. The van der Waals surface area contributed by atoms with E-state index in [9.17, 15) is 0 Å². The van der Waals surface area contributed by atoms with E-state index in [0.717, 1.165) is 0 Å². The molecule has 4 nitrogen and oxygen atoms in total. The second-order valence-corrected chi connectivity index (χ2v) is 1.22. The normalized spacial score (nSPS) is 5.80. The van der Waals surface area contributed by atoms with Crippen LogP contribution >= 0.6 is 0 Å². The van der Waals surface area contributed by atoms with Gasteiger partial charge in [0.15, 0.2) is 0 Å². The molecule has 0 aromatic carbocycles. The van der Waals surface area contributed by atoms with Crippen LogP contribution in [0.1, 0.15) is 0 Å². The summed E-state index contributed by atoms with van der Waals surface area (Å²) in [7, 11) is -5.17. The van der Waals surface area contributed by atoms with Crippen LogP contribution in [0.4, 0.5) is 0 Å². The molecule has 70 valence electrons. The van der Waals surface area contributed by atoms with E-state index in [0.29, 0.717) is 0 Å². The number of rotatable bonds is 0. The summed E-state index contributed by atoms with van der Waals surface area (Å²) < 4.78 is 34.1. The standard InChI is InChI=1S/3ClH.Cu.Fe.H2O4S/c;;;;;1-5(2,3)4/h3*1H;;;(H2,1,2,3,4)/q;;;+2;+3;/p-5. The fraction of sp³-hybridized carbons (Fsp3) is 0. The van der Waals surface area contributed by atoms with E-state index in [2.05, 4.69) is 0 Å². The Hall–Kier alpha value is 1.78. The third-order valence-corrected chi connectivity index (χ3v) is 0. The molecule has 0 rings (SSSR count). The zero-order chi connectivity index (χ0) is 4.50. The Morgan fingerprint density at radius 1 is 0.900 bits per heavy atom. The fourth-order valence-corrected chi connectivity index (χ4v) is 0. The summed E-state index contributed by atoms with van der Waals surface area (Å²) in [5.74, 6) is 0. The van der Waals surface area contributed by atoms with Crippen molar-refractivity contribution in [3.05, 3.63) is 0 Å². The third kappa shape index (κ3) is 238. The molecule has 0 fully saturated rings. The second-order valence-electron chi connectivity index (χ2n) is 0.408. The first-order valence-electron chi connectivity index (χ1n) is 0.667. The van der Waals surface area contributed by atoms with Gasteiger partial charge in [-0.3, -0.25) is 8.42 Å². The SMILES string of the molecule is O=S(=O)([O-])[O-].[Cl-].[Cl-].[Cl-].[Cu+2].[Fe+3]. The van der Waals surface area contributed by atoms with Gasteiger partial charge in [0, 0.05) is 10.4 Å². The Labute approximate surface area is 98.7 Å². The fourth-order valence-electron chi connectivity index (χ4n) is 0. The van der Waals surface area contributed by atoms with Crippen molar-refractivity contribution in [1.82, 2.24) is 0 Å². The predicted molar refractivity (Wildman–Crippen MR) is 10.5 cm³/mol. The molecule has 0 N–H and O–H groups in total. The maximum Gasteiger partial charge on any atom is 3.00 e. The van der Waals surface area contributed by atoms with Crippen LogP contribution in [0, 0.1) is 0 Å². The van der Waals surface area contributed by atoms with Crippen molar-refractivity contribution in [2.45, 2.75) is 0 Å². The van der Waals surface area contributed by atoms with Crippen LogP contribution in [0.25, 0.3) is 0 Å². The molecule has 0 bridgehead atoms. The Morgan fingerprint density at radius 2 is 0.900 bits per heavy atom. The van der Waals surface area contributed by atoms with Crippen molar-refractivity contribution in [3.8, 4) is 0 Å². The second kappa shape index (κ2) is 17.0. The van der Waals surface area contributed by atoms with Crippen molar-refractivity contribution in [1.29, 1.82) is 0 Å². The molecule has 0 amide bonds. The largest absolute Gasteiger partial charge is 3.00 e. The van der Waals surface area contributed by atoms with Crippen LogP contribution in [-0.4, -0.2) is 17.5 Å². The Bertz CT molecular complexity index is 104. The van der Waals surface area contributed by atoms with Gasteiger partial charge in [0.2, 0.25) is 0 Å². The van der Waals surface area contributed by atoms with Crippen molar-refractivity contribution >= 4 is 10.4 Å². The first-order valence-corrected chi connectivity index (χ1v) is 2.00. The van der Waals surface area contributed by atoms with Gasteiger partial charge in [0.1, 0.15) is 0 Å². The van der Waals surface area contributed by atoms with E-state index in [1.54, 1.807) is 0 Å². The van der Waals surface area contributed by atoms with E-state index in [1.807, 2.05) is 0 Å². The number of hydrogen-bond acceptors (Lipinski definition) is 4. The molecule has 0 aliphatic rings. The smallest absolute Gasteiger partial charge is 1.00 e. The molecule has 0 heterocycles. The van der Waals surface area contributed by atoms with Crippen LogP contribution in [0.2, 0.25) is 0 Å². The van der Waals surface area contributed by atoms with Gasteiger partial charge >= 0.3 is 34.1 Å². The summed E-state index contributed by atoms with van der Waals surface area (Å²) in [6.07, 6.45) is 0. The minimum atomic E-state index is -5.17. The average molecular weight is 322 g/mol. The van der Waals surface area contributed by atoms with Gasteiger partial charge in [-0.15, -0.1) is 0 Å². The Morgan fingerprint density at radius 3 is 0.900 bits per heavy atom. The topological polar surface area (TPSA) is 80.3 Å². The molecule has 0 spiro atoms. The Balaban J connectivity index is -0.00000000800. The maximum atomic E-state index is 8.52. The van der Waals surface area contributed by atoms with Gasteiger partial charge < -0.3 is 46.3 Å². The summed E-state index contributed by atoms with van der Waals surface area (Å²) >= 11 is 0. The van der Waals surface area contributed by atoms with E-state index in [-0.39, 0.29) is 71.4 Å². The van der Waals surface area contributed by atoms with E-state index < -0.39 is 10.4 Å². The molecule has 0 aromatic rings. The molecular formula is Cl3CuFeO4S. The molecule has 0 aromatic heterocycles. The van der Waals surface area contributed by atoms with Crippen molar-refractivity contribution < 1.29 is 88.9 Å². The van der Waals surface area contributed by atoms with Gasteiger partial charge in [-0.05, 0) is 0 Å². The summed E-state index contributed by atoms with van der Waals surface area (Å²) in [6.45, 7) is 0. The molecule has 10 heteroatoms. The molecule has 0 aliphatic carbocycles. The molecule has 0 atom stereocenters. The third-order valence-electron chi connectivity index (χ3n) is 0. The van der Waals surface area contributed by atoms with Crippen LogP contribution in [0.5, 0.6) is 0 Å². The zero-order valence-corrected chi connectivity index (χ0v) is 8.96. The van der Waals surface area contributed by atoms with E-state index in [4.69, 9.17) is 17.5 Å². The first-order chi connectivity index (χ1) is 2.00. The van der Waals surface area contributed by atoms with Crippen molar-refractivity contribution in [3.63, 3.8) is 0 Å². The molecular weight excluding hydrogens is 322 g/mol. The first kappa shape index (κ1) is 41.0. The van der Waals surface area contributed by atoms with E-state index >= 15 is 0 Å². The molecule has 0 aliphatic heterocycles. The van der Waals surface area contributed by atoms with Crippen LogP contribution in [-0.2, 0) is 44.5 Å². The molecule has 0 unspecified atom stereocenters. The van der Waals surface area contributed by atoms with Gasteiger partial charge in [0.05, 0.1) is 0 Å². The van der Waals surface area contributed by atoms with Crippen LogP contribution in [0.3, 0.4) is 0 Å². The minimum Gasteiger partial charge on any atom is -1.00 e. The van der Waals surface area contributed by atoms with Crippen molar-refractivity contribution in [2.24, 2.45) is 0 Å². The predicted octanol–water partition coefficient (Wildman–Crippen LogP) is -10.3. The van der Waals surface area contributed by atoms with Gasteiger partial charge in [-0.25, -0.2) is 0 Å². The minimum absolute atomic E-state index is 0. The van der Waals surface area contributed by atoms with Gasteiger partial charge in [0.25, 0.3) is 0 Å². The molecule has 2 radical (unpaired) electrons. The molecule has 0 saturated heterocycles. The quantitative estimate of drug-likeness (QED) is 0.252. The average Bonchev–Trinajstić information content (AvgIpc) is 0.722. The molecule has 10 heavy (non-hydrogen) atoms. The summed E-state index contributed by atoms with van der Waals surface area (Å²) in [5.41, 5.74) is 0. The van der Waals surface area contributed by atoms with Crippen LogP contribution in [0.15, 0.2) is 0 Å².